The van der Waals surface area contributed by atoms with Crippen LogP contribution in [-0.4, -0.2) is 6.21 Å². The van der Waals surface area contributed by atoms with E-state index in [2.05, 4.69) is 82.5 Å². The minimum absolute atomic E-state index is 0.0477. The maximum atomic E-state index is 4.88. The van der Waals surface area contributed by atoms with Gasteiger partial charge in [-0.15, -0.1) is 0 Å². The Morgan fingerprint density at radius 2 is 1.72 bits per heavy atom. The molecule has 4 rings (SSSR count). The fraction of sp³-hybridized carbons (Fsp3) is 0.375. The minimum Gasteiger partial charge on any atom is -0.261 e. The molecule has 0 N–H and O–H groups in total. The molecule has 25 heavy (non-hydrogen) atoms. The summed E-state index contributed by atoms with van der Waals surface area (Å²) in [6, 6.07) is 15.5. The topological polar surface area (TPSA) is 12.4 Å². The number of hydrogen-bond donors (Lipinski definition) is 0. The van der Waals surface area contributed by atoms with Gasteiger partial charge in [0.15, 0.2) is 0 Å². The standard InChI is InChI=1S/C24H27N/c1-17-11-13-24(4,14-12-17)16-25-18-9-10-20-19-7-5-6-8-21(19)23(2,3)22(20)15-18/h5-11,15-16H,12-14H2,1-4H3. The van der Waals surface area contributed by atoms with Crippen molar-refractivity contribution < 1.29 is 0 Å². The highest BCUT2D eigenvalue weighted by Gasteiger charge is 2.35. The lowest BCUT2D eigenvalue weighted by Crippen LogP contribution is -2.20. The second kappa shape index (κ2) is 5.69. The number of hydrogen-bond acceptors (Lipinski definition) is 1. The first-order valence-corrected chi connectivity index (χ1v) is 9.34. The lowest BCUT2D eigenvalue weighted by molar-refractivity contribution is 0.423. The minimum atomic E-state index is 0.0477. The summed E-state index contributed by atoms with van der Waals surface area (Å²) in [7, 11) is 0. The first kappa shape index (κ1) is 16.3. The molecule has 2 aromatic rings. The van der Waals surface area contributed by atoms with Gasteiger partial charge in [-0.1, -0.05) is 62.8 Å². The number of allylic oxidation sites excluding steroid dienone is 2. The maximum absolute atomic E-state index is 4.88. The Hall–Kier alpha value is -2.15. The Bertz CT molecular complexity index is 885. The van der Waals surface area contributed by atoms with E-state index < -0.39 is 0 Å². The number of fused-ring (bicyclic) bond motifs is 3. The van der Waals surface area contributed by atoms with E-state index in [-0.39, 0.29) is 10.8 Å². The van der Waals surface area contributed by atoms with E-state index in [0.717, 1.165) is 12.1 Å². The van der Waals surface area contributed by atoms with E-state index in [0.29, 0.717) is 0 Å². The van der Waals surface area contributed by atoms with Gasteiger partial charge in [0, 0.05) is 17.0 Å². The fourth-order valence-corrected chi connectivity index (χ4v) is 4.21. The summed E-state index contributed by atoms with van der Waals surface area (Å²) in [6.45, 7) is 9.20. The van der Waals surface area contributed by atoms with Crippen molar-refractivity contribution in [1.29, 1.82) is 0 Å². The molecule has 0 bridgehead atoms. The van der Waals surface area contributed by atoms with E-state index in [1.807, 2.05) is 0 Å². The molecule has 0 aliphatic heterocycles. The van der Waals surface area contributed by atoms with Crippen molar-refractivity contribution in [3.05, 3.63) is 65.2 Å². The molecule has 0 aromatic heterocycles. The number of rotatable bonds is 2. The molecule has 1 heteroatoms. The predicted octanol–water partition coefficient (Wildman–Crippen LogP) is 6.83. The molecule has 0 saturated carbocycles. The average Bonchev–Trinajstić information content (AvgIpc) is 2.84. The maximum Gasteiger partial charge on any atom is 0.0629 e. The van der Waals surface area contributed by atoms with Gasteiger partial charge in [0.25, 0.3) is 0 Å². The summed E-state index contributed by atoms with van der Waals surface area (Å²) in [5.41, 5.74) is 8.39. The Morgan fingerprint density at radius 1 is 0.960 bits per heavy atom. The SMILES string of the molecule is CC1=CCC(C)(C=Nc2ccc3c(c2)C(C)(C)c2ccccc2-3)CC1. The predicted molar refractivity (Wildman–Crippen MR) is 108 cm³/mol. The highest BCUT2D eigenvalue weighted by atomic mass is 14.7. The van der Waals surface area contributed by atoms with Crippen LogP contribution >= 0.6 is 0 Å². The largest absolute Gasteiger partial charge is 0.261 e. The van der Waals surface area contributed by atoms with Gasteiger partial charge >= 0.3 is 0 Å². The molecule has 1 unspecified atom stereocenters. The normalized spacial score (nSPS) is 24.1. The Kier molecular flexibility index (Phi) is 3.72. The van der Waals surface area contributed by atoms with Crippen molar-refractivity contribution in [2.75, 3.05) is 0 Å². The van der Waals surface area contributed by atoms with Crippen LogP contribution < -0.4 is 0 Å². The van der Waals surface area contributed by atoms with Crippen LogP contribution in [0.4, 0.5) is 5.69 Å². The summed E-state index contributed by atoms with van der Waals surface area (Å²) in [5, 5.41) is 0. The van der Waals surface area contributed by atoms with Crippen molar-refractivity contribution >= 4 is 11.9 Å². The van der Waals surface area contributed by atoms with Crippen LogP contribution in [0.15, 0.2) is 59.1 Å². The van der Waals surface area contributed by atoms with Gasteiger partial charge in [-0.3, -0.25) is 4.99 Å². The van der Waals surface area contributed by atoms with Crippen molar-refractivity contribution in [2.24, 2.45) is 10.4 Å². The second-order valence-corrected chi connectivity index (χ2v) is 8.57. The Balaban J connectivity index is 1.67. The summed E-state index contributed by atoms with van der Waals surface area (Å²) >= 11 is 0. The zero-order chi connectivity index (χ0) is 17.7. The zero-order valence-electron chi connectivity index (χ0n) is 15.8. The molecule has 2 aromatic carbocycles. The molecule has 0 saturated heterocycles. The zero-order valence-corrected chi connectivity index (χ0v) is 15.8. The highest BCUT2D eigenvalue weighted by molar-refractivity contribution is 5.82. The monoisotopic (exact) mass is 329 g/mol. The van der Waals surface area contributed by atoms with E-state index in [9.17, 15) is 0 Å². The average molecular weight is 329 g/mol. The molecule has 2 aliphatic rings. The van der Waals surface area contributed by atoms with Gasteiger partial charge in [0.1, 0.15) is 0 Å². The van der Waals surface area contributed by atoms with Gasteiger partial charge in [0.2, 0.25) is 0 Å². The quantitative estimate of drug-likeness (QED) is 0.423. The number of benzene rings is 2. The molecule has 2 aliphatic carbocycles. The third-order valence-corrected chi connectivity index (χ3v) is 6.10. The first-order chi connectivity index (χ1) is 11.9. The van der Waals surface area contributed by atoms with Gasteiger partial charge in [-0.05, 0) is 60.6 Å². The van der Waals surface area contributed by atoms with Crippen LogP contribution in [0, 0.1) is 5.41 Å². The van der Waals surface area contributed by atoms with E-state index in [4.69, 9.17) is 4.99 Å². The van der Waals surface area contributed by atoms with Gasteiger partial charge in [-0.25, -0.2) is 0 Å². The van der Waals surface area contributed by atoms with Gasteiger partial charge < -0.3 is 0 Å². The van der Waals surface area contributed by atoms with Gasteiger partial charge in [0.05, 0.1) is 5.69 Å². The third kappa shape index (κ3) is 2.76. The van der Waals surface area contributed by atoms with E-state index in [1.54, 1.807) is 0 Å². The Morgan fingerprint density at radius 3 is 2.48 bits per heavy atom. The first-order valence-electron chi connectivity index (χ1n) is 9.34. The molecular weight excluding hydrogens is 302 g/mol. The molecule has 0 fully saturated rings. The van der Waals surface area contributed by atoms with Crippen molar-refractivity contribution in [1.82, 2.24) is 0 Å². The third-order valence-electron chi connectivity index (χ3n) is 6.10. The molecule has 0 amide bonds. The summed E-state index contributed by atoms with van der Waals surface area (Å²) in [4.78, 5) is 4.88. The van der Waals surface area contributed by atoms with Crippen LogP contribution in [0.2, 0.25) is 0 Å². The van der Waals surface area contributed by atoms with Crippen molar-refractivity contribution in [3.8, 4) is 11.1 Å². The van der Waals surface area contributed by atoms with Crippen LogP contribution in [0.25, 0.3) is 11.1 Å². The van der Waals surface area contributed by atoms with Crippen LogP contribution in [0.5, 0.6) is 0 Å². The number of nitrogens with zero attached hydrogens (tertiary/aromatic N) is 1. The van der Waals surface area contributed by atoms with Crippen LogP contribution in [0.3, 0.4) is 0 Å². The summed E-state index contributed by atoms with van der Waals surface area (Å²) in [6.07, 6.45) is 8.05. The van der Waals surface area contributed by atoms with Crippen molar-refractivity contribution in [3.63, 3.8) is 0 Å². The molecule has 0 spiro atoms. The highest BCUT2D eigenvalue weighted by Crippen LogP contribution is 2.49. The molecule has 0 heterocycles. The molecule has 128 valence electrons. The van der Waals surface area contributed by atoms with Crippen LogP contribution in [0.1, 0.15) is 58.1 Å². The fourth-order valence-electron chi connectivity index (χ4n) is 4.21. The van der Waals surface area contributed by atoms with E-state index >= 15 is 0 Å². The Labute approximate surface area is 151 Å². The molecule has 1 nitrogen and oxygen atoms in total. The van der Waals surface area contributed by atoms with Crippen LogP contribution in [-0.2, 0) is 5.41 Å². The molecule has 0 radical (unpaired) electrons. The second-order valence-electron chi connectivity index (χ2n) is 8.57. The summed E-state index contributed by atoms with van der Waals surface area (Å²) in [5.74, 6) is 0. The smallest absolute Gasteiger partial charge is 0.0629 e. The molecule has 1 atom stereocenters. The summed E-state index contributed by atoms with van der Waals surface area (Å²) < 4.78 is 0. The number of aliphatic imine (C=N–C) groups is 1. The van der Waals surface area contributed by atoms with E-state index in [1.165, 1.54) is 40.7 Å². The lowest BCUT2D eigenvalue weighted by Gasteiger charge is -2.28. The van der Waals surface area contributed by atoms with Crippen molar-refractivity contribution in [2.45, 2.75) is 52.4 Å². The van der Waals surface area contributed by atoms with Gasteiger partial charge in [-0.2, -0.15) is 0 Å². The molecular formula is C24H27N. The lowest BCUT2D eigenvalue weighted by atomic mass is 9.78.